The Labute approximate surface area is 127 Å². The minimum absolute atomic E-state index is 0.138. The van der Waals surface area contributed by atoms with Crippen LogP contribution in [0.1, 0.15) is 21.5 Å². The van der Waals surface area contributed by atoms with Crippen molar-refractivity contribution < 1.29 is 14.4 Å². The quantitative estimate of drug-likeness (QED) is 0.631. The normalized spacial score (nSPS) is 15.1. The number of carbonyl (C=O) groups is 2. The molecule has 1 heterocycles. The molecule has 0 bridgehead atoms. The van der Waals surface area contributed by atoms with Crippen LogP contribution >= 0.6 is 0 Å². The summed E-state index contributed by atoms with van der Waals surface area (Å²) < 4.78 is 0. The van der Waals surface area contributed by atoms with Gasteiger partial charge < -0.3 is 9.74 Å². The zero-order chi connectivity index (χ0) is 15.7. The molecule has 0 atom stereocenters. The van der Waals surface area contributed by atoms with E-state index in [1.54, 1.807) is 31.3 Å². The van der Waals surface area contributed by atoms with Crippen LogP contribution in [0.2, 0.25) is 0 Å². The largest absolute Gasteiger partial charge is 0.365 e. The van der Waals surface area contributed by atoms with Crippen LogP contribution in [0.3, 0.4) is 0 Å². The van der Waals surface area contributed by atoms with Gasteiger partial charge in [-0.1, -0.05) is 41.1 Å². The van der Waals surface area contributed by atoms with Crippen LogP contribution in [-0.2, 0) is 9.63 Å². The third-order valence-electron chi connectivity index (χ3n) is 3.50. The molecule has 0 aromatic heterocycles. The molecule has 0 unspecified atom stereocenters. The Morgan fingerprint density at radius 1 is 1.14 bits per heavy atom. The van der Waals surface area contributed by atoms with Crippen LogP contribution in [-0.4, -0.2) is 24.6 Å². The Balaban J connectivity index is 1.87. The van der Waals surface area contributed by atoms with Crippen LogP contribution in [0.4, 0.5) is 5.69 Å². The summed E-state index contributed by atoms with van der Waals surface area (Å²) in [5.74, 6) is -0.880. The lowest BCUT2D eigenvalue weighted by atomic mass is 10.1. The van der Waals surface area contributed by atoms with Gasteiger partial charge in [0.15, 0.2) is 5.71 Å². The van der Waals surface area contributed by atoms with Crippen molar-refractivity contribution in [1.82, 2.24) is 0 Å². The van der Waals surface area contributed by atoms with Crippen molar-refractivity contribution in [1.29, 1.82) is 0 Å². The van der Waals surface area contributed by atoms with Crippen LogP contribution in [0.25, 0.3) is 0 Å². The second-order valence-corrected chi connectivity index (χ2v) is 5.07. The number of hydrogen-bond donors (Lipinski definition) is 0. The zero-order valence-electron chi connectivity index (χ0n) is 12.2. The molecule has 0 saturated carbocycles. The van der Waals surface area contributed by atoms with Gasteiger partial charge in [0, 0.05) is 12.6 Å². The Hall–Kier alpha value is -2.95. The third kappa shape index (κ3) is 2.37. The molecule has 5 nitrogen and oxygen atoms in total. The molecule has 0 spiro atoms. The molecule has 5 heteroatoms. The summed E-state index contributed by atoms with van der Waals surface area (Å²) in [6, 6.07) is 14.2. The highest BCUT2D eigenvalue weighted by molar-refractivity contribution is 6.54. The van der Waals surface area contributed by atoms with Gasteiger partial charge in [-0.15, -0.1) is 0 Å². The highest BCUT2D eigenvalue weighted by Crippen LogP contribution is 2.27. The second-order valence-electron chi connectivity index (χ2n) is 5.07. The molecule has 1 aliphatic rings. The standard InChI is InChI=1S/C17H14N2O3/c1-11-6-5-7-12(10-11)17(21)22-18-15-13-8-3-4-9-14(13)19(2)16(15)20/h3-10H,1-2H3/b18-15-. The van der Waals surface area contributed by atoms with Crippen molar-refractivity contribution in [2.24, 2.45) is 5.16 Å². The number of rotatable bonds is 2. The average Bonchev–Trinajstić information content (AvgIpc) is 2.77. The van der Waals surface area contributed by atoms with Gasteiger partial charge in [0.05, 0.1) is 11.3 Å². The number of nitrogens with zero attached hydrogens (tertiary/aromatic N) is 2. The van der Waals surface area contributed by atoms with Crippen molar-refractivity contribution in [2.75, 3.05) is 11.9 Å². The van der Waals surface area contributed by atoms with E-state index in [-0.39, 0.29) is 11.6 Å². The molecule has 2 aromatic carbocycles. The molecular weight excluding hydrogens is 280 g/mol. The topological polar surface area (TPSA) is 59.0 Å². The molecule has 0 radical (unpaired) electrons. The molecule has 0 saturated heterocycles. The predicted molar refractivity (Wildman–Crippen MR) is 83.0 cm³/mol. The Kier molecular flexibility index (Phi) is 3.47. The van der Waals surface area contributed by atoms with Gasteiger partial charge in [-0.2, -0.15) is 0 Å². The minimum atomic E-state index is -0.587. The van der Waals surface area contributed by atoms with E-state index in [1.165, 1.54) is 4.90 Å². The Bertz CT molecular complexity index is 796. The molecule has 1 aliphatic heterocycles. The molecule has 2 aromatic rings. The van der Waals surface area contributed by atoms with E-state index in [1.807, 2.05) is 31.2 Å². The van der Waals surface area contributed by atoms with Crippen molar-refractivity contribution in [2.45, 2.75) is 6.92 Å². The van der Waals surface area contributed by atoms with Gasteiger partial charge in [-0.25, -0.2) is 4.79 Å². The SMILES string of the molecule is Cc1cccc(C(=O)O/N=C2\C(=O)N(C)c3ccccc32)c1. The fourth-order valence-corrected chi connectivity index (χ4v) is 2.35. The van der Waals surface area contributed by atoms with E-state index >= 15 is 0 Å². The maximum Gasteiger partial charge on any atom is 0.365 e. The highest BCUT2D eigenvalue weighted by atomic mass is 16.7. The molecule has 0 aliphatic carbocycles. The Morgan fingerprint density at radius 3 is 2.68 bits per heavy atom. The van der Waals surface area contributed by atoms with Gasteiger partial charge in [-0.3, -0.25) is 4.79 Å². The number of likely N-dealkylation sites (N-methyl/N-ethyl adjacent to an activating group) is 1. The van der Waals surface area contributed by atoms with Gasteiger partial charge in [0.1, 0.15) is 0 Å². The van der Waals surface area contributed by atoms with Crippen molar-refractivity contribution in [3.8, 4) is 0 Å². The smallest absolute Gasteiger partial charge is 0.312 e. The number of para-hydroxylation sites is 1. The number of oxime groups is 1. The van der Waals surface area contributed by atoms with Crippen molar-refractivity contribution in [3.63, 3.8) is 0 Å². The van der Waals surface area contributed by atoms with E-state index in [2.05, 4.69) is 5.16 Å². The fourth-order valence-electron chi connectivity index (χ4n) is 2.35. The van der Waals surface area contributed by atoms with E-state index in [0.717, 1.165) is 11.3 Å². The van der Waals surface area contributed by atoms with Crippen LogP contribution in [0, 0.1) is 6.92 Å². The van der Waals surface area contributed by atoms with E-state index in [0.29, 0.717) is 11.1 Å². The van der Waals surface area contributed by atoms with E-state index < -0.39 is 5.97 Å². The fraction of sp³-hybridized carbons (Fsp3) is 0.118. The number of carbonyl (C=O) groups excluding carboxylic acids is 2. The first-order valence-corrected chi connectivity index (χ1v) is 6.81. The summed E-state index contributed by atoms with van der Waals surface area (Å²) >= 11 is 0. The number of aryl methyl sites for hydroxylation is 1. The predicted octanol–water partition coefficient (Wildman–Crippen LogP) is 2.53. The molecule has 22 heavy (non-hydrogen) atoms. The number of hydrogen-bond acceptors (Lipinski definition) is 4. The highest BCUT2D eigenvalue weighted by Gasteiger charge is 2.32. The summed E-state index contributed by atoms with van der Waals surface area (Å²) in [6.07, 6.45) is 0. The zero-order valence-corrected chi connectivity index (χ0v) is 12.2. The monoisotopic (exact) mass is 294 g/mol. The van der Waals surface area contributed by atoms with Gasteiger partial charge >= 0.3 is 5.97 Å². The lowest BCUT2D eigenvalue weighted by Gasteiger charge is -2.07. The third-order valence-corrected chi connectivity index (χ3v) is 3.50. The summed E-state index contributed by atoms with van der Waals surface area (Å²) in [6.45, 7) is 1.88. The van der Waals surface area contributed by atoms with E-state index in [4.69, 9.17) is 4.84 Å². The van der Waals surface area contributed by atoms with Crippen LogP contribution in [0.5, 0.6) is 0 Å². The number of amides is 1. The van der Waals surface area contributed by atoms with Crippen molar-refractivity contribution >= 4 is 23.3 Å². The lowest BCUT2D eigenvalue weighted by molar-refractivity contribution is -0.112. The molecule has 0 fully saturated rings. The summed E-state index contributed by atoms with van der Waals surface area (Å²) in [5, 5.41) is 3.78. The number of fused-ring (bicyclic) bond motifs is 1. The summed E-state index contributed by atoms with van der Waals surface area (Å²) in [4.78, 5) is 30.6. The molecule has 0 N–H and O–H groups in total. The van der Waals surface area contributed by atoms with Crippen LogP contribution < -0.4 is 4.90 Å². The average molecular weight is 294 g/mol. The maximum absolute atomic E-state index is 12.2. The van der Waals surface area contributed by atoms with Crippen LogP contribution in [0.15, 0.2) is 53.7 Å². The van der Waals surface area contributed by atoms with Crippen molar-refractivity contribution in [3.05, 3.63) is 65.2 Å². The number of anilines is 1. The molecule has 110 valence electrons. The lowest BCUT2D eigenvalue weighted by Crippen LogP contribution is -2.25. The molecule has 1 amide bonds. The minimum Gasteiger partial charge on any atom is -0.312 e. The number of benzene rings is 2. The molecular formula is C17H14N2O3. The summed E-state index contributed by atoms with van der Waals surface area (Å²) in [7, 11) is 1.66. The first kappa shape index (κ1) is 14.0. The first-order valence-electron chi connectivity index (χ1n) is 6.81. The first-order chi connectivity index (χ1) is 10.6. The Morgan fingerprint density at radius 2 is 1.91 bits per heavy atom. The summed E-state index contributed by atoms with van der Waals surface area (Å²) in [5.41, 5.74) is 2.89. The van der Waals surface area contributed by atoms with Gasteiger partial charge in [-0.05, 0) is 25.1 Å². The second kappa shape index (κ2) is 5.44. The van der Waals surface area contributed by atoms with Gasteiger partial charge in [0.2, 0.25) is 0 Å². The van der Waals surface area contributed by atoms with Gasteiger partial charge in [0.25, 0.3) is 5.91 Å². The molecule has 3 rings (SSSR count). The maximum atomic E-state index is 12.2. The van der Waals surface area contributed by atoms with E-state index in [9.17, 15) is 9.59 Å².